The first-order valence-electron chi connectivity index (χ1n) is 5.96. The number of carboxylic acid groups (broad SMARTS) is 1. The number of carbonyl (C=O) groups excluding carboxylic acids is 1. The van der Waals surface area contributed by atoms with Crippen molar-refractivity contribution in [2.45, 2.75) is 19.9 Å². The number of aromatic nitrogens is 1. The second kappa shape index (κ2) is 6.04. The van der Waals surface area contributed by atoms with E-state index in [-0.39, 0.29) is 16.3 Å². The zero-order valence-electron chi connectivity index (χ0n) is 11.0. The van der Waals surface area contributed by atoms with Gasteiger partial charge in [0.05, 0.1) is 12.2 Å². The van der Waals surface area contributed by atoms with Crippen LogP contribution in [-0.4, -0.2) is 28.0 Å². The minimum Gasteiger partial charge on any atom is -0.477 e. The van der Waals surface area contributed by atoms with E-state index in [1.54, 1.807) is 12.3 Å². The molecule has 0 aliphatic carbocycles. The zero-order chi connectivity index (χ0) is 15.6. The van der Waals surface area contributed by atoms with Crippen molar-refractivity contribution in [3.63, 3.8) is 0 Å². The van der Waals surface area contributed by atoms with Crippen LogP contribution in [0.25, 0.3) is 0 Å². The summed E-state index contributed by atoms with van der Waals surface area (Å²) in [5, 5.41) is 13.1. The van der Waals surface area contributed by atoms with E-state index < -0.39 is 24.8 Å². The summed E-state index contributed by atoms with van der Waals surface area (Å²) in [6.07, 6.45) is -1.21. The molecular weight excluding hydrogens is 302 g/mol. The summed E-state index contributed by atoms with van der Waals surface area (Å²) in [4.78, 5) is 23.2. The molecule has 0 spiro atoms. The van der Waals surface area contributed by atoms with Gasteiger partial charge in [0, 0.05) is 6.20 Å². The number of carbonyl (C=O) groups is 2. The molecule has 2 rings (SSSR count). The van der Waals surface area contributed by atoms with Gasteiger partial charge in [-0.15, -0.1) is 11.3 Å². The lowest BCUT2D eigenvalue weighted by Crippen LogP contribution is -2.20. The van der Waals surface area contributed by atoms with E-state index in [4.69, 9.17) is 5.11 Å². The van der Waals surface area contributed by atoms with Crippen molar-refractivity contribution in [3.8, 4) is 0 Å². The monoisotopic (exact) mass is 314 g/mol. The Kier molecular flexibility index (Phi) is 4.37. The van der Waals surface area contributed by atoms with Crippen molar-refractivity contribution in [2.24, 2.45) is 0 Å². The molecule has 1 amide bonds. The van der Waals surface area contributed by atoms with Gasteiger partial charge in [-0.05, 0) is 30.0 Å². The smallest absolute Gasteiger partial charge is 0.348 e. The minimum absolute atomic E-state index is 0.00724. The van der Waals surface area contributed by atoms with Crippen LogP contribution in [0.3, 0.4) is 0 Å². The highest BCUT2D eigenvalue weighted by atomic mass is 32.1. The minimum atomic E-state index is -2.58. The van der Waals surface area contributed by atoms with E-state index in [1.807, 2.05) is 0 Å². The number of anilines is 1. The van der Waals surface area contributed by atoms with Crippen molar-refractivity contribution in [3.05, 3.63) is 39.8 Å². The van der Waals surface area contributed by atoms with Crippen molar-refractivity contribution in [1.29, 1.82) is 0 Å². The van der Waals surface area contributed by atoms with Crippen molar-refractivity contribution in [2.75, 3.05) is 5.32 Å². The maximum Gasteiger partial charge on any atom is 0.348 e. The summed E-state index contributed by atoms with van der Waals surface area (Å²) >= 11 is 0.997. The van der Waals surface area contributed by atoms with Gasteiger partial charge in [0.15, 0.2) is 0 Å². The predicted molar refractivity (Wildman–Crippen MR) is 74.4 cm³/mol. The Morgan fingerprint density at radius 1 is 1.48 bits per heavy atom. The number of rotatable bonds is 5. The van der Waals surface area contributed by atoms with Gasteiger partial charge in [-0.1, -0.05) is 0 Å². The highest BCUT2D eigenvalue weighted by Gasteiger charge is 2.20. The molecule has 112 valence electrons. The third-order valence-electron chi connectivity index (χ3n) is 2.80. The molecule has 0 radical (unpaired) electrons. The first-order chi connectivity index (χ1) is 9.90. The molecule has 0 aliphatic rings. The number of alkyl halides is 2. The number of nitrogens with one attached hydrogen (secondary N) is 1. The number of thiophene rings is 1. The van der Waals surface area contributed by atoms with E-state index in [1.165, 1.54) is 18.3 Å². The average molecular weight is 314 g/mol. The van der Waals surface area contributed by atoms with Crippen LogP contribution < -0.4 is 5.32 Å². The predicted octanol–water partition coefficient (Wildman–Crippen LogP) is 3.07. The number of hydrogen-bond acceptors (Lipinski definition) is 3. The van der Waals surface area contributed by atoms with Gasteiger partial charge in [-0.25, -0.2) is 13.6 Å². The maximum atomic E-state index is 12.4. The van der Waals surface area contributed by atoms with Crippen LogP contribution in [0.4, 0.5) is 14.5 Å². The van der Waals surface area contributed by atoms with Crippen LogP contribution in [-0.2, 0) is 6.54 Å². The van der Waals surface area contributed by atoms with E-state index >= 15 is 0 Å². The fourth-order valence-electron chi connectivity index (χ4n) is 1.86. The normalized spacial score (nSPS) is 10.9. The number of nitrogens with zero attached hydrogens (tertiary/aromatic N) is 1. The third kappa shape index (κ3) is 3.27. The Morgan fingerprint density at radius 2 is 2.19 bits per heavy atom. The summed E-state index contributed by atoms with van der Waals surface area (Å²) in [6.45, 7) is 1.07. The van der Waals surface area contributed by atoms with Gasteiger partial charge >= 0.3 is 5.97 Å². The van der Waals surface area contributed by atoms with E-state index in [0.29, 0.717) is 5.56 Å². The summed E-state index contributed by atoms with van der Waals surface area (Å²) in [6, 6.07) is 2.88. The number of aryl methyl sites for hydroxylation is 1. The van der Waals surface area contributed by atoms with Crippen LogP contribution in [0, 0.1) is 6.92 Å². The summed E-state index contributed by atoms with van der Waals surface area (Å²) in [5.74, 6) is -1.77. The molecule has 21 heavy (non-hydrogen) atoms. The first-order valence-corrected chi connectivity index (χ1v) is 6.84. The molecule has 0 unspecified atom stereocenters. The van der Waals surface area contributed by atoms with Crippen LogP contribution in [0.2, 0.25) is 0 Å². The summed E-state index contributed by atoms with van der Waals surface area (Å²) in [5.41, 5.74) is 0.859. The fourth-order valence-corrected chi connectivity index (χ4v) is 2.71. The van der Waals surface area contributed by atoms with E-state index in [9.17, 15) is 18.4 Å². The standard InChI is InChI=1S/C13H12F2N2O3S/c1-7-6-21-11(13(19)20)10(7)16-12(18)8-3-2-4-17(8)5-9(14)15/h2-4,6,9H,5H2,1H3,(H,16,18)(H,19,20). The second-order valence-corrected chi connectivity index (χ2v) is 5.20. The molecule has 0 fully saturated rings. The molecule has 0 aliphatic heterocycles. The van der Waals surface area contributed by atoms with Crippen LogP contribution in [0.15, 0.2) is 23.7 Å². The van der Waals surface area contributed by atoms with Crippen LogP contribution >= 0.6 is 11.3 Å². The molecule has 8 heteroatoms. The molecule has 2 aromatic rings. The molecule has 0 saturated heterocycles. The van der Waals surface area contributed by atoms with Crippen molar-refractivity contribution in [1.82, 2.24) is 4.57 Å². The SMILES string of the molecule is Cc1csc(C(=O)O)c1NC(=O)c1cccn1CC(F)F. The number of aromatic carboxylic acids is 1. The Morgan fingerprint density at radius 3 is 2.81 bits per heavy atom. The number of halogens is 2. The number of carboxylic acids is 1. The summed E-state index contributed by atoms with van der Waals surface area (Å²) in [7, 11) is 0. The van der Waals surface area contributed by atoms with Crippen LogP contribution in [0.5, 0.6) is 0 Å². The van der Waals surface area contributed by atoms with Gasteiger partial charge in [0.2, 0.25) is 0 Å². The fraction of sp³-hybridized carbons (Fsp3) is 0.231. The zero-order valence-corrected chi connectivity index (χ0v) is 11.8. The second-order valence-electron chi connectivity index (χ2n) is 4.32. The van der Waals surface area contributed by atoms with Gasteiger partial charge in [-0.3, -0.25) is 4.79 Å². The van der Waals surface area contributed by atoms with E-state index in [2.05, 4.69) is 5.32 Å². The quantitative estimate of drug-likeness (QED) is 0.891. The Hall–Kier alpha value is -2.22. The lowest BCUT2D eigenvalue weighted by Gasteiger charge is -2.10. The average Bonchev–Trinajstić information content (AvgIpc) is 2.97. The third-order valence-corrected chi connectivity index (χ3v) is 3.89. The first kappa shape index (κ1) is 15.2. The molecular formula is C13H12F2N2O3S. The maximum absolute atomic E-state index is 12.4. The molecule has 2 N–H and O–H groups in total. The van der Waals surface area contributed by atoms with Crippen molar-refractivity contribution < 1.29 is 23.5 Å². The van der Waals surface area contributed by atoms with Gasteiger partial charge < -0.3 is 15.0 Å². The molecule has 5 nitrogen and oxygen atoms in total. The van der Waals surface area contributed by atoms with Crippen molar-refractivity contribution >= 4 is 28.9 Å². The van der Waals surface area contributed by atoms with Gasteiger partial charge in [-0.2, -0.15) is 0 Å². The Labute approximate surface area is 122 Å². The molecule has 0 atom stereocenters. The molecule has 0 bridgehead atoms. The molecule has 0 aromatic carbocycles. The Balaban J connectivity index is 2.25. The number of hydrogen-bond donors (Lipinski definition) is 2. The molecule has 2 aromatic heterocycles. The lowest BCUT2D eigenvalue weighted by molar-refractivity contribution is 0.0703. The highest BCUT2D eigenvalue weighted by molar-refractivity contribution is 7.12. The highest BCUT2D eigenvalue weighted by Crippen LogP contribution is 2.28. The number of amides is 1. The lowest BCUT2D eigenvalue weighted by atomic mass is 10.2. The van der Waals surface area contributed by atoms with Crippen LogP contribution in [0.1, 0.15) is 25.7 Å². The topological polar surface area (TPSA) is 71.3 Å². The largest absolute Gasteiger partial charge is 0.477 e. The van der Waals surface area contributed by atoms with Gasteiger partial charge in [0.1, 0.15) is 10.6 Å². The summed E-state index contributed by atoms with van der Waals surface area (Å²) < 4.78 is 26.0. The molecule has 0 saturated carbocycles. The van der Waals surface area contributed by atoms with Gasteiger partial charge in [0.25, 0.3) is 12.3 Å². The van der Waals surface area contributed by atoms with E-state index in [0.717, 1.165) is 15.9 Å². The molecule has 2 heterocycles. The Bertz CT molecular complexity index is 679.